The summed E-state index contributed by atoms with van der Waals surface area (Å²) in [6.07, 6.45) is -1.42. The minimum Gasteiger partial charge on any atom is -0.447 e. The molecule has 1 aliphatic carbocycles. The summed E-state index contributed by atoms with van der Waals surface area (Å²) in [6, 6.07) is 8.68. The summed E-state index contributed by atoms with van der Waals surface area (Å²) in [5.41, 5.74) is 8.00. The van der Waals surface area contributed by atoms with Gasteiger partial charge in [0.15, 0.2) is 11.8 Å². The summed E-state index contributed by atoms with van der Waals surface area (Å²) in [4.78, 5) is 37.2. The van der Waals surface area contributed by atoms with Crippen molar-refractivity contribution in [3.05, 3.63) is 77.3 Å². The van der Waals surface area contributed by atoms with Crippen LogP contribution < -0.4 is 5.73 Å². The van der Waals surface area contributed by atoms with Crippen molar-refractivity contribution < 1.29 is 36.3 Å². The number of alkyl halides is 5. The topological polar surface area (TPSA) is 148 Å². The van der Waals surface area contributed by atoms with Crippen molar-refractivity contribution >= 4 is 29.6 Å². The number of carbonyl (C=O) groups excluding carboxylic acids is 2. The molecule has 0 saturated heterocycles. The van der Waals surface area contributed by atoms with Crippen molar-refractivity contribution in [2.45, 2.75) is 44.6 Å². The lowest BCUT2D eigenvalue weighted by molar-refractivity contribution is -0.143. The predicted molar refractivity (Wildman–Crippen MR) is 164 cm³/mol. The van der Waals surface area contributed by atoms with E-state index in [0.717, 1.165) is 11.1 Å². The molecule has 3 N–H and O–H groups in total. The Bertz CT molecular complexity index is 1760. The van der Waals surface area contributed by atoms with Crippen LogP contribution in [0.15, 0.2) is 66.2 Å². The van der Waals surface area contributed by atoms with E-state index in [1.54, 1.807) is 19.1 Å². The SMILES string of the molecule is CCN=C(N)N(C(=O)c1ccc(-c2cnn(C(F)F)c2)cc1)[C@H](COC(=O)N(CC(F)(F)F)C1CC1)c1ccc(Cl)c(-c2ncn[nH]2)c1. The van der Waals surface area contributed by atoms with E-state index >= 15 is 0 Å². The largest absolute Gasteiger partial charge is 0.447 e. The average molecular weight is 694 g/mol. The van der Waals surface area contributed by atoms with Crippen LogP contribution in [0.25, 0.3) is 22.5 Å². The van der Waals surface area contributed by atoms with Gasteiger partial charge in [-0.25, -0.2) is 14.5 Å². The minimum absolute atomic E-state index is 0.0895. The summed E-state index contributed by atoms with van der Waals surface area (Å²) in [6.45, 7) is -3.12. The molecule has 0 unspecified atom stereocenters. The van der Waals surface area contributed by atoms with Gasteiger partial charge in [0.25, 0.3) is 5.91 Å². The Morgan fingerprint density at radius 2 is 1.90 bits per heavy atom. The summed E-state index contributed by atoms with van der Waals surface area (Å²) >= 11 is 6.44. The molecule has 1 saturated carbocycles. The predicted octanol–water partition coefficient (Wildman–Crippen LogP) is 6.07. The number of nitrogens with two attached hydrogens (primary N) is 1. The van der Waals surface area contributed by atoms with Crippen LogP contribution in [0.2, 0.25) is 5.02 Å². The van der Waals surface area contributed by atoms with Crippen LogP contribution in [0.1, 0.15) is 48.3 Å². The second-order valence-electron chi connectivity index (χ2n) is 10.7. The van der Waals surface area contributed by atoms with Crippen LogP contribution in [0.3, 0.4) is 0 Å². The van der Waals surface area contributed by atoms with E-state index in [0.29, 0.717) is 44.7 Å². The molecule has 254 valence electrons. The first-order valence-corrected chi connectivity index (χ1v) is 15.0. The Kier molecular flexibility index (Phi) is 10.3. The third kappa shape index (κ3) is 8.07. The first kappa shape index (κ1) is 34.3. The van der Waals surface area contributed by atoms with Crippen molar-refractivity contribution in [3.63, 3.8) is 0 Å². The Morgan fingerprint density at radius 3 is 2.48 bits per heavy atom. The molecule has 48 heavy (non-hydrogen) atoms. The van der Waals surface area contributed by atoms with Crippen LogP contribution in [0.4, 0.5) is 26.7 Å². The molecule has 5 rings (SSSR count). The van der Waals surface area contributed by atoms with Gasteiger partial charge in [-0.15, -0.1) is 0 Å². The van der Waals surface area contributed by atoms with Gasteiger partial charge in [-0.3, -0.25) is 24.7 Å². The number of nitrogens with one attached hydrogen (secondary N) is 1. The third-order valence-corrected chi connectivity index (χ3v) is 7.68. The third-order valence-electron chi connectivity index (χ3n) is 7.35. The number of carbonyl (C=O) groups is 2. The fourth-order valence-electron chi connectivity index (χ4n) is 4.92. The van der Waals surface area contributed by atoms with Gasteiger partial charge < -0.3 is 10.5 Å². The number of H-pyrrole nitrogens is 1. The maximum atomic E-state index is 14.2. The van der Waals surface area contributed by atoms with Gasteiger partial charge >= 0.3 is 18.8 Å². The van der Waals surface area contributed by atoms with E-state index in [4.69, 9.17) is 22.1 Å². The van der Waals surface area contributed by atoms with Crippen LogP contribution in [-0.2, 0) is 4.74 Å². The van der Waals surface area contributed by atoms with Gasteiger partial charge in [-0.05, 0) is 55.2 Å². The summed E-state index contributed by atoms with van der Waals surface area (Å²) in [5, 5.41) is 10.4. The number of halogens is 6. The fourth-order valence-corrected chi connectivity index (χ4v) is 5.13. The van der Waals surface area contributed by atoms with E-state index < -0.39 is 50.0 Å². The number of aromatic nitrogens is 5. The summed E-state index contributed by atoms with van der Waals surface area (Å²) in [5.74, 6) is -0.691. The number of aromatic amines is 1. The summed E-state index contributed by atoms with van der Waals surface area (Å²) < 4.78 is 72.0. The molecule has 0 aliphatic heterocycles. The molecule has 1 atom stereocenters. The standard InChI is InChI=1S/C30H29ClF5N9O3/c1-2-38-28(37)45(26(46)18-5-3-17(4-6-18)20-12-41-44(13-20)27(32)33)24(14-48-29(47)43(21-8-9-21)15-30(34,35)36)19-7-10-23(31)22(11-19)25-39-16-40-42-25/h3-7,10-13,16,21,24,27H,2,8-9,14-15H2,1H3,(H2,37,38)(H,39,40,42)/t24-/m1/s1. The molecule has 1 aliphatic rings. The average Bonchev–Trinajstić information content (AvgIpc) is 3.50. The number of hydrogen-bond donors (Lipinski definition) is 2. The molecular formula is C30H29ClF5N9O3. The van der Waals surface area contributed by atoms with Crippen LogP contribution in [0.5, 0.6) is 0 Å². The van der Waals surface area contributed by atoms with Gasteiger partial charge in [0, 0.05) is 35.5 Å². The van der Waals surface area contributed by atoms with Crippen molar-refractivity contribution in [2.24, 2.45) is 10.7 Å². The number of benzene rings is 2. The zero-order valence-corrected chi connectivity index (χ0v) is 26.0. The number of aliphatic imine (C=N–C) groups is 1. The lowest BCUT2D eigenvalue weighted by Crippen LogP contribution is -2.47. The lowest BCUT2D eigenvalue weighted by atomic mass is 10.0. The highest BCUT2D eigenvalue weighted by Gasteiger charge is 2.42. The van der Waals surface area contributed by atoms with Gasteiger partial charge in [0.05, 0.1) is 17.3 Å². The molecule has 2 heterocycles. The lowest BCUT2D eigenvalue weighted by Gasteiger charge is -2.32. The van der Waals surface area contributed by atoms with E-state index in [2.05, 4.69) is 25.3 Å². The van der Waals surface area contributed by atoms with E-state index in [9.17, 15) is 31.5 Å². The number of hydrogen-bond acceptors (Lipinski definition) is 7. The van der Waals surface area contributed by atoms with Crippen molar-refractivity contribution in [1.82, 2.24) is 34.8 Å². The number of guanidine groups is 1. The second-order valence-corrected chi connectivity index (χ2v) is 11.1. The fraction of sp³-hybridized carbons (Fsp3) is 0.333. The minimum atomic E-state index is -4.66. The first-order valence-electron chi connectivity index (χ1n) is 14.6. The van der Waals surface area contributed by atoms with Gasteiger partial charge in [-0.1, -0.05) is 29.8 Å². The number of amides is 2. The Labute approximate surface area is 275 Å². The molecule has 12 nitrogen and oxygen atoms in total. The van der Waals surface area contributed by atoms with Crippen LogP contribution in [-0.4, -0.2) is 84.6 Å². The molecule has 0 spiro atoms. The quantitative estimate of drug-likeness (QED) is 0.110. The molecular weight excluding hydrogens is 665 g/mol. The molecule has 0 radical (unpaired) electrons. The highest BCUT2D eigenvalue weighted by Crippen LogP contribution is 2.34. The van der Waals surface area contributed by atoms with Crippen LogP contribution in [0, 0.1) is 0 Å². The van der Waals surface area contributed by atoms with Gasteiger partial charge in [-0.2, -0.15) is 32.1 Å². The molecule has 4 aromatic rings. The maximum absolute atomic E-state index is 14.2. The van der Waals surface area contributed by atoms with Crippen molar-refractivity contribution in [1.29, 1.82) is 0 Å². The Morgan fingerprint density at radius 1 is 1.17 bits per heavy atom. The Hall–Kier alpha value is -5.06. The zero-order valence-electron chi connectivity index (χ0n) is 25.2. The Balaban J connectivity index is 1.52. The number of rotatable bonds is 11. The van der Waals surface area contributed by atoms with E-state index in [-0.39, 0.29) is 28.9 Å². The van der Waals surface area contributed by atoms with E-state index in [1.807, 2.05) is 0 Å². The zero-order chi connectivity index (χ0) is 34.6. The first-order chi connectivity index (χ1) is 22.9. The van der Waals surface area contributed by atoms with Gasteiger partial charge in [0.1, 0.15) is 19.5 Å². The van der Waals surface area contributed by atoms with Crippen molar-refractivity contribution in [2.75, 3.05) is 19.7 Å². The van der Waals surface area contributed by atoms with Crippen molar-refractivity contribution in [3.8, 4) is 22.5 Å². The molecule has 2 amide bonds. The van der Waals surface area contributed by atoms with Gasteiger partial charge in [0.2, 0.25) is 0 Å². The molecule has 18 heteroatoms. The second kappa shape index (κ2) is 14.4. The number of ether oxygens (including phenoxy) is 1. The monoisotopic (exact) mass is 693 g/mol. The normalized spacial score (nSPS) is 14.2. The highest BCUT2D eigenvalue weighted by atomic mass is 35.5. The van der Waals surface area contributed by atoms with Crippen LogP contribution >= 0.6 is 11.6 Å². The maximum Gasteiger partial charge on any atom is 0.410 e. The molecule has 2 aromatic heterocycles. The molecule has 0 bridgehead atoms. The number of nitrogens with zero attached hydrogens (tertiary/aromatic N) is 7. The molecule has 1 fully saturated rings. The van der Waals surface area contributed by atoms with E-state index in [1.165, 1.54) is 42.9 Å². The summed E-state index contributed by atoms with van der Waals surface area (Å²) in [7, 11) is 0. The molecule has 2 aromatic carbocycles. The highest BCUT2D eigenvalue weighted by molar-refractivity contribution is 6.33. The smallest absolute Gasteiger partial charge is 0.410 e.